The SMILES string of the molecule is CCNC(=NCCN1C(=O)CNC1=O)NC1CCC(SCC)C1. The van der Waals surface area contributed by atoms with Crippen molar-refractivity contribution in [1.82, 2.24) is 20.9 Å². The van der Waals surface area contributed by atoms with Crippen molar-refractivity contribution in [3.8, 4) is 0 Å². The van der Waals surface area contributed by atoms with Crippen molar-refractivity contribution in [2.75, 3.05) is 31.9 Å². The van der Waals surface area contributed by atoms with Gasteiger partial charge < -0.3 is 16.0 Å². The molecule has 1 aliphatic heterocycles. The van der Waals surface area contributed by atoms with Gasteiger partial charge in [0.2, 0.25) is 5.91 Å². The topological polar surface area (TPSA) is 85.8 Å². The highest BCUT2D eigenvalue weighted by atomic mass is 32.2. The van der Waals surface area contributed by atoms with Gasteiger partial charge in [-0.15, -0.1) is 0 Å². The molecule has 23 heavy (non-hydrogen) atoms. The van der Waals surface area contributed by atoms with Crippen LogP contribution < -0.4 is 16.0 Å². The van der Waals surface area contributed by atoms with Crippen molar-refractivity contribution in [1.29, 1.82) is 0 Å². The maximum atomic E-state index is 11.5. The number of rotatable bonds is 7. The average Bonchev–Trinajstić information content (AvgIpc) is 3.08. The molecule has 3 amide bonds. The quantitative estimate of drug-likeness (QED) is 0.362. The normalized spacial score (nSPS) is 25.0. The summed E-state index contributed by atoms with van der Waals surface area (Å²) in [5, 5.41) is 9.96. The number of amides is 3. The Balaban J connectivity index is 1.80. The zero-order valence-corrected chi connectivity index (χ0v) is 14.7. The van der Waals surface area contributed by atoms with Crippen LogP contribution in [0.5, 0.6) is 0 Å². The molecule has 0 aromatic heterocycles. The lowest BCUT2D eigenvalue weighted by Crippen LogP contribution is -2.43. The van der Waals surface area contributed by atoms with Crippen LogP contribution in [-0.4, -0.2) is 66.0 Å². The third kappa shape index (κ3) is 5.30. The Morgan fingerprint density at radius 1 is 1.39 bits per heavy atom. The van der Waals surface area contributed by atoms with Crippen LogP contribution >= 0.6 is 11.8 Å². The van der Waals surface area contributed by atoms with Crippen LogP contribution in [0.2, 0.25) is 0 Å². The van der Waals surface area contributed by atoms with Gasteiger partial charge in [0.1, 0.15) is 0 Å². The first kappa shape index (κ1) is 17.9. The summed E-state index contributed by atoms with van der Waals surface area (Å²) >= 11 is 2.03. The highest BCUT2D eigenvalue weighted by Crippen LogP contribution is 2.29. The predicted molar refractivity (Wildman–Crippen MR) is 93.8 cm³/mol. The summed E-state index contributed by atoms with van der Waals surface area (Å²) in [7, 11) is 0. The molecule has 2 aliphatic rings. The fourth-order valence-electron chi connectivity index (χ4n) is 2.92. The lowest BCUT2D eigenvalue weighted by molar-refractivity contribution is -0.124. The summed E-state index contributed by atoms with van der Waals surface area (Å²) in [6, 6.07) is 0.131. The Hall–Kier alpha value is -1.44. The Morgan fingerprint density at radius 2 is 2.22 bits per heavy atom. The molecule has 2 unspecified atom stereocenters. The molecule has 0 radical (unpaired) electrons. The molecular formula is C15H27N5O2S. The van der Waals surface area contributed by atoms with E-state index in [9.17, 15) is 9.59 Å². The van der Waals surface area contributed by atoms with Crippen LogP contribution in [0.4, 0.5) is 4.79 Å². The van der Waals surface area contributed by atoms with Gasteiger partial charge in [0.25, 0.3) is 0 Å². The van der Waals surface area contributed by atoms with E-state index in [2.05, 4.69) is 27.9 Å². The zero-order chi connectivity index (χ0) is 16.7. The Kier molecular flexibility index (Phi) is 7.01. The molecule has 2 fully saturated rings. The number of hydrogen-bond acceptors (Lipinski definition) is 4. The first-order valence-corrected chi connectivity index (χ1v) is 9.43. The molecule has 3 N–H and O–H groups in total. The number of imide groups is 1. The van der Waals surface area contributed by atoms with E-state index in [-0.39, 0.29) is 18.5 Å². The number of nitrogens with zero attached hydrogens (tertiary/aromatic N) is 2. The number of hydrogen-bond donors (Lipinski definition) is 3. The lowest BCUT2D eigenvalue weighted by Gasteiger charge is -2.18. The largest absolute Gasteiger partial charge is 0.357 e. The number of nitrogens with one attached hydrogen (secondary N) is 3. The van der Waals surface area contributed by atoms with E-state index in [1.807, 2.05) is 18.7 Å². The summed E-state index contributed by atoms with van der Waals surface area (Å²) in [6.45, 7) is 5.84. The van der Waals surface area contributed by atoms with E-state index in [4.69, 9.17) is 0 Å². The first-order chi connectivity index (χ1) is 11.1. The van der Waals surface area contributed by atoms with Gasteiger partial charge >= 0.3 is 6.03 Å². The molecule has 1 aliphatic carbocycles. The van der Waals surface area contributed by atoms with Crippen molar-refractivity contribution < 1.29 is 9.59 Å². The number of guanidine groups is 1. The van der Waals surface area contributed by atoms with Crippen LogP contribution in [0.15, 0.2) is 4.99 Å². The Labute approximate surface area is 142 Å². The van der Waals surface area contributed by atoms with Crippen molar-refractivity contribution in [3.05, 3.63) is 0 Å². The first-order valence-electron chi connectivity index (χ1n) is 8.38. The van der Waals surface area contributed by atoms with Crippen molar-refractivity contribution in [3.63, 3.8) is 0 Å². The number of aliphatic imine (C=N–C) groups is 1. The summed E-state index contributed by atoms with van der Waals surface area (Å²) in [5.41, 5.74) is 0. The fourth-order valence-corrected chi connectivity index (χ4v) is 4.06. The van der Waals surface area contributed by atoms with Crippen LogP contribution in [0.1, 0.15) is 33.1 Å². The molecule has 0 aromatic carbocycles. The molecule has 130 valence electrons. The van der Waals surface area contributed by atoms with Crippen molar-refractivity contribution in [2.24, 2.45) is 4.99 Å². The molecular weight excluding hydrogens is 314 g/mol. The van der Waals surface area contributed by atoms with E-state index < -0.39 is 0 Å². The summed E-state index contributed by atoms with van der Waals surface area (Å²) in [6.07, 6.45) is 3.57. The minimum atomic E-state index is -0.321. The smallest absolute Gasteiger partial charge is 0.324 e. The van der Waals surface area contributed by atoms with Gasteiger partial charge in [0.15, 0.2) is 5.96 Å². The van der Waals surface area contributed by atoms with Crippen molar-refractivity contribution in [2.45, 2.75) is 44.4 Å². The van der Waals surface area contributed by atoms with Gasteiger partial charge in [-0.1, -0.05) is 6.92 Å². The van der Waals surface area contributed by atoms with Gasteiger partial charge in [-0.3, -0.25) is 14.7 Å². The maximum Gasteiger partial charge on any atom is 0.324 e. The van der Waals surface area contributed by atoms with Crippen LogP contribution in [0.3, 0.4) is 0 Å². The second-order valence-electron chi connectivity index (χ2n) is 5.70. The molecule has 2 atom stereocenters. The minimum Gasteiger partial charge on any atom is -0.357 e. The maximum absolute atomic E-state index is 11.5. The van der Waals surface area contributed by atoms with E-state index in [1.54, 1.807) is 0 Å². The van der Waals surface area contributed by atoms with Crippen LogP contribution in [0, 0.1) is 0 Å². The molecule has 0 bridgehead atoms. The third-order valence-electron chi connectivity index (χ3n) is 4.00. The zero-order valence-electron chi connectivity index (χ0n) is 13.9. The average molecular weight is 341 g/mol. The summed E-state index contributed by atoms with van der Waals surface area (Å²) < 4.78 is 0. The molecule has 7 nitrogen and oxygen atoms in total. The van der Waals surface area contributed by atoms with E-state index >= 15 is 0 Å². The fraction of sp³-hybridized carbons (Fsp3) is 0.800. The standard InChI is InChI=1S/C15H27N5O2S/c1-3-16-14(19-11-5-6-12(9-11)23-4-2)17-7-8-20-13(21)10-18-15(20)22/h11-12H,3-10H2,1-2H3,(H,18,22)(H2,16,17,19). The van der Waals surface area contributed by atoms with Gasteiger partial charge in [-0.25, -0.2) is 4.79 Å². The molecule has 0 spiro atoms. The molecule has 0 aromatic rings. The van der Waals surface area contributed by atoms with Crippen LogP contribution in [-0.2, 0) is 4.79 Å². The second kappa shape index (κ2) is 9.00. The van der Waals surface area contributed by atoms with E-state index in [0.29, 0.717) is 19.1 Å². The van der Waals surface area contributed by atoms with Crippen molar-refractivity contribution >= 4 is 29.7 Å². The Morgan fingerprint density at radius 3 is 2.87 bits per heavy atom. The van der Waals surface area contributed by atoms with Gasteiger partial charge in [0.05, 0.1) is 19.6 Å². The highest BCUT2D eigenvalue weighted by molar-refractivity contribution is 7.99. The Bertz CT molecular complexity index is 441. The van der Waals surface area contributed by atoms with E-state index in [1.165, 1.54) is 11.3 Å². The molecule has 2 rings (SSSR count). The number of urea groups is 1. The monoisotopic (exact) mass is 341 g/mol. The van der Waals surface area contributed by atoms with Gasteiger partial charge in [-0.05, 0) is 31.9 Å². The second-order valence-corrected chi connectivity index (χ2v) is 7.27. The molecule has 1 saturated heterocycles. The van der Waals surface area contributed by atoms with Crippen LogP contribution in [0.25, 0.3) is 0 Å². The number of thioether (sulfide) groups is 1. The summed E-state index contributed by atoms with van der Waals surface area (Å²) in [5.74, 6) is 1.75. The van der Waals surface area contributed by atoms with Gasteiger partial charge in [0, 0.05) is 17.8 Å². The van der Waals surface area contributed by atoms with E-state index in [0.717, 1.165) is 36.3 Å². The minimum absolute atomic E-state index is 0.0966. The number of carbonyl (C=O) groups is 2. The third-order valence-corrected chi connectivity index (χ3v) is 5.24. The molecule has 8 heteroatoms. The lowest BCUT2D eigenvalue weighted by atomic mass is 10.2. The highest BCUT2D eigenvalue weighted by Gasteiger charge is 2.28. The summed E-state index contributed by atoms with van der Waals surface area (Å²) in [4.78, 5) is 28.7. The predicted octanol–water partition coefficient (Wildman–Crippen LogP) is 0.768. The molecule has 1 saturated carbocycles. The van der Waals surface area contributed by atoms with Gasteiger partial charge in [-0.2, -0.15) is 11.8 Å². The number of carbonyl (C=O) groups excluding carboxylic acids is 2. The molecule has 1 heterocycles.